The predicted octanol–water partition coefficient (Wildman–Crippen LogP) is 5.53. The molecule has 2 aromatic carbocycles. The number of azide groups is 2. The number of Topliss-reactive ketones (excluding diaryl/α,β-unsaturated/α-hetero) is 1. The second-order valence-corrected chi connectivity index (χ2v) is 10.6. The maximum Gasteiger partial charge on any atom is 0.295 e. The molecule has 0 radical (unpaired) electrons. The van der Waals surface area contributed by atoms with E-state index in [0.717, 1.165) is 12.1 Å². The van der Waals surface area contributed by atoms with Crippen molar-refractivity contribution < 1.29 is 30.7 Å². The van der Waals surface area contributed by atoms with Gasteiger partial charge in [-0.25, -0.2) is 0 Å². The van der Waals surface area contributed by atoms with E-state index < -0.39 is 35.8 Å². The van der Waals surface area contributed by atoms with Gasteiger partial charge in [-0.1, -0.05) is 41.4 Å². The van der Waals surface area contributed by atoms with E-state index in [4.69, 9.17) is 11.1 Å². The van der Waals surface area contributed by atoms with Crippen LogP contribution in [0.3, 0.4) is 0 Å². The summed E-state index contributed by atoms with van der Waals surface area (Å²) in [5, 5.41) is 6.63. The van der Waals surface area contributed by atoms with Crippen molar-refractivity contribution in [1.29, 1.82) is 0 Å². The zero-order valence-electron chi connectivity index (χ0n) is 18.5. The maximum atomic E-state index is 13.3. The molecule has 3 rings (SSSR count). The van der Waals surface area contributed by atoms with Crippen molar-refractivity contribution in [2.24, 2.45) is 16.1 Å². The van der Waals surface area contributed by atoms with Crippen molar-refractivity contribution in [2.75, 3.05) is 0 Å². The lowest BCUT2D eigenvalue weighted by molar-refractivity contribution is -0.113. The molecule has 186 valence electrons. The summed E-state index contributed by atoms with van der Waals surface area (Å²) < 4.78 is 66.8. The van der Waals surface area contributed by atoms with Gasteiger partial charge in [-0.15, -0.1) is 0 Å². The second kappa shape index (κ2) is 10.3. The fraction of sp³-hybridized carbons (Fsp3) is 0.190. The number of hydrogen-bond donors (Lipinski definition) is 2. The van der Waals surface area contributed by atoms with Crippen LogP contribution in [0.5, 0.6) is 0 Å². The van der Waals surface area contributed by atoms with E-state index in [9.17, 15) is 30.7 Å². The van der Waals surface area contributed by atoms with Gasteiger partial charge in [-0.3, -0.25) is 13.9 Å². The molecule has 15 heteroatoms. The molecule has 1 aliphatic rings. The number of ketones is 1. The van der Waals surface area contributed by atoms with Gasteiger partial charge in [0.1, 0.15) is 9.79 Å². The smallest absolute Gasteiger partial charge is 0.289 e. The molecule has 36 heavy (non-hydrogen) atoms. The maximum absolute atomic E-state index is 13.3. The summed E-state index contributed by atoms with van der Waals surface area (Å²) in [5.74, 6) is -0.802. The van der Waals surface area contributed by atoms with Gasteiger partial charge in [0.25, 0.3) is 20.2 Å². The number of nitrogens with zero attached hydrogens (tertiary/aromatic N) is 6. The van der Waals surface area contributed by atoms with Crippen LogP contribution in [0, 0.1) is 5.92 Å². The van der Waals surface area contributed by atoms with Gasteiger partial charge in [0.2, 0.25) is 0 Å². The summed E-state index contributed by atoms with van der Waals surface area (Å²) in [6.07, 6.45) is 3.32. The molecule has 1 atom stereocenters. The first kappa shape index (κ1) is 26.6. The first-order valence-electron chi connectivity index (χ1n) is 10.1. The monoisotopic (exact) mass is 530 g/mol. The summed E-state index contributed by atoms with van der Waals surface area (Å²) in [5.41, 5.74) is 17.4. The highest BCUT2D eigenvalue weighted by atomic mass is 32.2. The van der Waals surface area contributed by atoms with E-state index in [1.807, 2.05) is 0 Å². The topological polar surface area (TPSA) is 223 Å². The average Bonchev–Trinajstić information content (AvgIpc) is 2.79. The van der Waals surface area contributed by atoms with Crippen LogP contribution in [0.15, 0.2) is 67.6 Å². The van der Waals surface area contributed by atoms with Crippen molar-refractivity contribution in [3.63, 3.8) is 0 Å². The average molecular weight is 531 g/mol. The molecule has 0 saturated heterocycles. The molecule has 2 N–H and O–H groups in total. The largest absolute Gasteiger partial charge is 0.295 e. The normalized spacial score (nSPS) is 18.5. The van der Waals surface area contributed by atoms with E-state index in [-0.39, 0.29) is 46.0 Å². The van der Waals surface area contributed by atoms with Crippen LogP contribution >= 0.6 is 0 Å². The van der Waals surface area contributed by atoms with Gasteiger partial charge >= 0.3 is 0 Å². The number of benzene rings is 2. The van der Waals surface area contributed by atoms with Crippen LogP contribution in [0.2, 0.25) is 0 Å². The summed E-state index contributed by atoms with van der Waals surface area (Å²) in [7, 11) is -9.46. The Morgan fingerprint density at radius 1 is 0.889 bits per heavy atom. The lowest BCUT2D eigenvalue weighted by atomic mass is 9.80. The summed E-state index contributed by atoms with van der Waals surface area (Å²) in [6.45, 7) is 1.75. The molecule has 1 aliphatic carbocycles. The first-order valence-corrected chi connectivity index (χ1v) is 13.0. The summed E-state index contributed by atoms with van der Waals surface area (Å²) >= 11 is 0. The lowest BCUT2D eigenvalue weighted by Gasteiger charge is -2.23. The van der Waals surface area contributed by atoms with Crippen LogP contribution in [-0.4, -0.2) is 31.7 Å². The van der Waals surface area contributed by atoms with E-state index >= 15 is 0 Å². The lowest BCUT2D eigenvalue weighted by Crippen LogP contribution is -2.20. The molecular weight excluding hydrogens is 512 g/mol. The minimum Gasteiger partial charge on any atom is -0.289 e. The number of allylic oxidation sites excluding steroid dienone is 2. The minimum absolute atomic E-state index is 0.0102. The Morgan fingerprint density at radius 2 is 1.36 bits per heavy atom. The molecule has 0 amide bonds. The van der Waals surface area contributed by atoms with Gasteiger partial charge in [-0.2, -0.15) is 16.8 Å². The number of carbonyl (C=O) groups is 1. The van der Waals surface area contributed by atoms with Crippen molar-refractivity contribution >= 4 is 49.5 Å². The quantitative estimate of drug-likeness (QED) is 0.159. The Balaban J connectivity index is 2.14. The fourth-order valence-corrected chi connectivity index (χ4v) is 5.10. The van der Waals surface area contributed by atoms with Crippen LogP contribution in [-0.2, 0) is 25.0 Å². The molecule has 2 aromatic rings. The Labute approximate surface area is 205 Å². The fourth-order valence-electron chi connectivity index (χ4n) is 3.71. The molecule has 13 nitrogen and oxygen atoms in total. The Kier molecular flexibility index (Phi) is 7.65. The zero-order valence-corrected chi connectivity index (χ0v) is 20.2. The number of carbonyl (C=O) groups excluding carboxylic acids is 1. The highest BCUT2D eigenvalue weighted by Crippen LogP contribution is 2.35. The van der Waals surface area contributed by atoms with Gasteiger partial charge < -0.3 is 0 Å². The van der Waals surface area contributed by atoms with Crippen LogP contribution < -0.4 is 0 Å². The SMILES string of the molecule is CC1CCC(=Cc2ccc(N=[N+]=[N-])cc2S(=O)(=O)O)C(=O)C1=Cc1ccc(N=[N+]=[N-])cc1S(=O)(=O)O. The predicted molar refractivity (Wildman–Crippen MR) is 129 cm³/mol. The number of rotatable bonds is 6. The van der Waals surface area contributed by atoms with Gasteiger partial charge in [0.15, 0.2) is 5.78 Å². The van der Waals surface area contributed by atoms with Crippen LogP contribution in [0.4, 0.5) is 11.4 Å². The van der Waals surface area contributed by atoms with E-state index in [2.05, 4.69) is 20.1 Å². The third kappa shape index (κ3) is 5.98. The molecule has 0 spiro atoms. The van der Waals surface area contributed by atoms with Crippen molar-refractivity contribution in [1.82, 2.24) is 0 Å². The molecule has 0 aromatic heterocycles. The highest BCUT2D eigenvalue weighted by Gasteiger charge is 2.28. The van der Waals surface area contributed by atoms with E-state index in [0.29, 0.717) is 6.42 Å². The third-order valence-electron chi connectivity index (χ3n) is 5.44. The Bertz CT molecular complexity index is 1630. The van der Waals surface area contributed by atoms with Gasteiger partial charge in [0, 0.05) is 32.3 Å². The minimum atomic E-state index is -4.74. The first-order chi connectivity index (χ1) is 16.8. The van der Waals surface area contributed by atoms with E-state index in [1.165, 1.54) is 36.4 Å². The number of hydrogen-bond acceptors (Lipinski definition) is 7. The molecule has 0 bridgehead atoms. The molecule has 1 unspecified atom stereocenters. The van der Waals surface area contributed by atoms with Crippen LogP contribution in [0.1, 0.15) is 30.9 Å². The zero-order chi connectivity index (χ0) is 26.7. The molecular formula is C21H18N6O7S2. The Hall–Kier alpha value is -3.97. The highest BCUT2D eigenvalue weighted by molar-refractivity contribution is 7.86. The second-order valence-electron chi connectivity index (χ2n) is 7.81. The summed E-state index contributed by atoms with van der Waals surface area (Å²) in [4.78, 5) is 17.3. The van der Waals surface area contributed by atoms with Gasteiger partial charge in [0.05, 0.1) is 0 Å². The van der Waals surface area contributed by atoms with Crippen molar-refractivity contribution in [3.8, 4) is 0 Å². The molecule has 1 fully saturated rings. The van der Waals surface area contributed by atoms with Crippen molar-refractivity contribution in [3.05, 3.63) is 79.6 Å². The van der Waals surface area contributed by atoms with Crippen LogP contribution in [0.25, 0.3) is 33.0 Å². The van der Waals surface area contributed by atoms with Gasteiger partial charge in [-0.05, 0) is 65.2 Å². The molecule has 0 heterocycles. The van der Waals surface area contributed by atoms with E-state index in [1.54, 1.807) is 6.92 Å². The molecule has 1 saturated carbocycles. The standard InChI is InChI=1S/C21H18N6O7S2/c1-12-2-3-15(8-13-4-6-16(24-26-22)10-19(13)35(29,30)31)21(28)18(12)9-14-5-7-17(25-27-23)11-20(14)36(32,33)34/h4-12H,2-3H2,1H3,(H,29,30,31)(H,32,33,34). The van der Waals surface area contributed by atoms with Crippen molar-refractivity contribution in [2.45, 2.75) is 29.6 Å². The summed E-state index contributed by atoms with van der Waals surface area (Å²) in [6, 6.07) is 7.14. The third-order valence-corrected chi connectivity index (χ3v) is 7.26. The Morgan fingerprint density at radius 3 is 1.81 bits per heavy atom. The molecule has 0 aliphatic heterocycles.